The van der Waals surface area contributed by atoms with Crippen molar-refractivity contribution >= 4 is 28.0 Å². The fourth-order valence-corrected chi connectivity index (χ4v) is 6.39. The van der Waals surface area contributed by atoms with Gasteiger partial charge in [0.05, 0.1) is 33.9 Å². The van der Waals surface area contributed by atoms with Crippen molar-refractivity contribution in [3.8, 4) is 5.88 Å². The van der Waals surface area contributed by atoms with E-state index in [2.05, 4.69) is 24.9 Å². The molecule has 3 atom stereocenters. The third kappa shape index (κ3) is 4.05. The number of benzene rings is 1. The Hall–Kier alpha value is -3.74. The number of alkyl halides is 2. The van der Waals surface area contributed by atoms with E-state index in [-0.39, 0.29) is 36.1 Å². The SMILES string of the molecule is C[C@]1(c2cc(Cc3nccc4nc(OCc5ncco5)cnc34)cc(F)c2F)N=C(N)S[C@@]2(C(F)F)C[C@@H]12. The highest BCUT2D eigenvalue weighted by Gasteiger charge is 2.71. The van der Waals surface area contributed by atoms with E-state index >= 15 is 4.39 Å². The molecule has 1 aromatic carbocycles. The van der Waals surface area contributed by atoms with Crippen LogP contribution in [-0.2, 0) is 18.6 Å². The molecule has 2 aliphatic rings. The lowest BCUT2D eigenvalue weighted by Crippen LogP contribution is -2.39. The van der Waals surface area contributed by atoms with E-state index in [9.17, 15) is 13.2 Å². The van der Waals surface area contributed by atoms with Gasteiger partial charge < -0.3 is 14.9 Å². The number of pyridine rings is 1. The van der Waals surface area contributed by atoms with Gasteiger partial charge >= 0.3 is 0 Å². The standard InChI is InChI=1S/C25H20F4N6O2S/c1-24(17-9-25(17,22(28)29)38-23(30)35-24)13-6-12(7-14(26)20(13)27)8-16-21-15(2-3-31-16)34-18(10-33-21)37-11-19-32-4-5-36-19/h2-7,10,17,22H,8-9,11H2,1H3,(H2,30,35)/t17-,24+,25-/m0/s1. The molecule has 0 saturated heterocycles. The van der Waals surface area contributed by atoms with Crippen molar-refractivity contribution in [2.24, 2.45) is 16.6 Å². The monoisotopic (exact) mass is 544 g/mol. The molecule has 0 unspecified atom stereocenters. The predicted molar refractivity (Wildman–Crippen MR) is 131 cm³/mol. The van der Waals surface area contributed by atoms with Crippen LogP contribution in [0.2, 0.25) is 0 Å². The quantitative estimate of drug-likeness (QED) is 0.332. The molecule has 0 amide bonds. The number of nitrogens with zero attached hydrogens (tertiary/aromatic N) is 5. The van der Waals surface area contributed by atoms with Gasteiger partial charge in [-0.05, 0) is 37.1 Å². The fraction of sp³-hybridized carbons (Fsp3) is 0.320. The lowest BCUT2D eigenvalue weighted by atomic mass is 9.84. The maximum atomic E-state index is 15.1. The number of hydrogen-bond acceptors (Lipinski definition) is 9. The minimum absolute atomic E-state index is 0.0703. The second-order valence-electron chi connectivity index (χ2n) is 9.38. The summed E-state index contributed by atoms with van der Waals surface area (Å²) in [5.74, 6) is -2.30. The molecule has 2 N–H and O–H groups in total. The number of fused-ring (bicyclic) bond motifs is 2. The van der Waals surface area contributed by atoms with Crippen LogP contribution in [0.25, 0.3) is 11.0 Å². The highest BCUT2D eigenvalue weighted by Crippen LogP contribution is 2.68. The van der Waals surface area contributed by atoms with Crippen molar-refractivity contribution in [2.45, 2.75) is 43.1 Å². The maximum absolute atomic E-state index is 15.1. The van der Waals surface area contributed by atoms with Gasteiger partial charge in [-0.15, -0.1) is 0 Å². The Morgan fingerprint density at radius 3 is 2.82 bits per heavy atom. The summed E-state index contributed by atoms with van der Waals surface area (Å²) in [5, 5.41) is -0.0707. The summed E-state index contributed by atoms with van der Waals surface area (Å²) in [6.45, 7) is 1.60. The van der Waals surface area contributed by atoms with Gasteiger partial charge in [0.25, 0.3) is 6.43 Å². The first-order valence-corrected chi connectivity index (χ1v) is 12.4. The molecule has 0 spiro atoms. The second-order valence-corrected chi connectivity index (χ2v) is 10.8. The first-order chi connectivity index (χ1) is 18.2. The van der Waals surface area contributed by atoms with Gasteiger partial charge in [0.15, 0.2) is 23.4 Å². The summed E-state index contributed by atoms with van der Waals surface area (Å²) in [6, 6.07) is 4.15. The molecule has 1 aliphatic heterocycles. The van der Waals surface area contributed by atoms with Crippen molar-refractivity contribution in [2.75, 3.05) is 0 Å². The van der Waals surface area contributed by atoms with Gasteiger partial charge in [-0.1, -0.05) is 11.8 Å². The Kier molecular flexibility index (Phi) is 5.78. The molecule has 1 aliphatic carbocycles. The molecule has 13 heteroatoms. The lowest BCUT2D eigenvalue weighted by molar-refractivity contribution is 0.123. The Bertz CT molecular complexity index is 1570. The van der Waals surface area contributed by atoms with Crippen LogP contribution < -0.4 is 10.5 Å². The van der Waals surface area contributed by atoms with Gasteiger partial charge in [0.2, 0.25) is 11.8 Å². The molecule has 8 nitrogen and oxygen atoms in total. The number of ether oxygens (including phenoxy) is 1. The molecule has 6 rings (SSSR count). The molecule has 0 bridgehead atoms. The zero-order chi connectivity index (χ0) is 26.7. The summed E-state index contributed by atoms with van der Waals surface area (Å²) in [4.78, 5) is 21.5. The largest absolute Gasteiger partial charge is 0.467 e. The Balaban J connectivity index is 1.32. The molecule has 1 saturated carbocycles. The average molecular weight is 545 g/mol. The number of aliphatic imine (C=N–C) groups is 1. The van der Waals surface area contributed by atoms with Crippen molar-refractivity contribution in [1.29, 1.82) is 0 Å². The first-order valence-electron chi connectivity index (χ1n) is 11.6. The summed E-state index contributed by atoms with van der Waals surface area (Å²) >= 11 is 0.807. The van der Waals surface area contributed by atoms with Gasteiger partial charge in [-0.25, -0.2) is 32.5 Å². The topological polar surface area (TPSA) is 112 Å². The molecule has 4 heterocycles. The van der Waals surface area contributed by atoms with Crippen molar-refractivity contribution in [1.82, 2.24) is 19.9 Å². The van der Waals surface area contributed by atoms with Crippen LogP contribution in [0.15, 0.2) is 52.5 Å². The van der Waals surface area contributed by atoms with Crippen LogP contribution in [0.3, 0.4) is 0 Å². The molecule has 38 heavy (non-hydrogen) atoms. The van der Waals surface area contributed by atoms with E-state index < -0.39 is 34.3 Å². The number of hydrogen-bond donors (Lipinski definition) is 1. The highest BCUT2D eigenvalue weighted by molar-refractivity contribution is 8.15. The lowest BCUT2D eigenvalue weighted by Gasteiger charge is -2.34. The normalized spacial score (nSPS) is 24.4. The number of oxazole rings is 1. The number of thioether (sulfide) groups is 1. The van der Waals surface area contributed by atoms with Crippen LogP contribution in [-0.4, -0.2) is 36.3 Å². The van der Waals surface area contributed by atoms with Crippen LogP contribution in [0.4, 0.5) is 17.6 Å². The second kappa shape index (κ2) is 8.93. The number of amidine groups is 1. The maximum Gasteiger partial charge on any atom is 0.253 e. The van der Waals surface area contributed by atoms with Gasteiger partial charge in [-0.3, -0.25) is 9.98 Å². The van der Waals surface area contributed by atoms with E-state index in [1.54, 1.807) is 6.07 Å². The zero-order valence-electron chi connectivity index (χ0n) is 19.9. The van der Waals surface area contributed by atoms with Crippen molar-refractivity contribution in [3.05, 3.63) is 77.4 Å². The smallest absolute Gasteiger partial charge is 0.253 e. The van der Waals surface area contributed by atoms with Gasteiger partial charge in [0, 0.05) is 24.1 Å². The van der Waals surface area contributed by atoms with E-state index in [1.165, 1.54) is 37.8 Å². The number of rotatable bonds is 7. The van der Waals surface area contributed by atoms with Crippen molar-refractivity contribution in [3.63, 3.8) is 0 Å². The summed E-state index contributed by atoms with van der Waals surface area (Å²) < 4.78 is 67.0. The van der Waals surface area contributed by atoms with Crippen LogP contribution in [0.5, 0.6) is 5.88 Å². The number of nitrogens with two attached hydrogens (primary N) is 1. The van der Waals surface area contributed by atoms with E-state index in [0.29, 0.717) is 28.2 Å². The molecular weight excluding hydrogens is 524 g/mol. The average Bonchev–Trinajstić information content (AvgIpc) is 3.42. The van der Waals surface area contributed by atoms with E-state index in [4.69, 9.17) is 14.9 Å². The Labute approximate surface area is 217 Å². The summed E-state index contributed by atoms with van der Waals surface area (Å²) in [6.07, 6.45) is 3.38. The summed E-state index contributed by atoms with van der Waals surface area (Å²) in [7, 11) is 0. The molecule has 196 valence electrons. The molecule has 0 radical (unpaired) electrons. The highest BCUT2D eigenvalue weighted by atomic mass is 32.2. The van der Waals surface area contributed by atoms with Gasteiger partial charge in [-0.2, -0.15) is 0 Å². The van der Waals surface area contributed by atoms with Gasteiger partial charge in [0.1, 0.15) is 11.8 Å². The molecule has 4 aromatic rings. The molecule has 1 fully saturated rings. The Morgan fingerprint density at radius 2 is 2.05 bits per heavy atom. The molecular formula is C25H20F4N6O2S. The van der Waals surface area contributed by atoms with E-state index in [0.717, 1.165) is 17.8 Å². The van der Waals surface area contributed by atoms with Crippen LogP contribution in [0.1, 0.15) is 36.1 Å². The third-order valence-corrected chi connectivity index (χ3v) is 8.29. The number of aromatic nitrogens is 4. The van der Waals surface area contributed by atoms with Crippen LogP contribution in [0, 0.1) is 17.6 Å². The number of halogens is 4. The minimum Gasteiger partial charge on any atom is -0.467 e. The summed E-state index contributed by atoms with van der Waals surface area (Å²) in [5.41, 5.74) is 6.10. The van der Waals surface area contributed by atoms with Crippen molar-refractivity contribution < 1.29 is 26.7 Å². The minimum atomic E-state index is -2.68. The predicted octanol–water partition coefficient (Wildman–Crippen LogP) is 4.76. The third-order valence-electron chi connectivity index (χ3n) is 6.98. The Morgan fingerprint density at radius 1 is 1.21 bits per heavy atom. The van der Waals surface area contributed by atoms with E-state index in [1.807, 2.05) is 0 Å². The first kappa shape index (κ1) is 24.6. The zero-order valence-corrected chi connectivity index (χ0v) is 20.7. The molecule has 3 aromatic heterocycles. The van der Waals surface area contributed by atoms with Crippen LogP contribution >= 0.6 is 11.8 Å². The fourth-order valence-electron chi connectivity index (χ4n) is 5.06.